The molecule has 0 aliphatic heterocycles. The Morgan fingerprint density at radius 1 is 0.957 bits per heavy atom. The summed E-state index contributed by atoms with van der Waals surface area (Å²) in [4.78, 5) is 9.34. The summed E-state index contributed by atoms with van der Waals surface area (Å²) in [6.07, 6.45) is 1.58. The molecule has 3 rings (SSSR count). The second-order valence-electron chi connectivity index (χ2n) is 5.62. The fourth-order valence-electron chi connectivity index (χ4n) is 2.69. The van der Waals surface area contributed by atoms with Crippen LogP contribution in [0.15, 0.2) is 54.6 Å². The van der Waals surface area contributed by atoms with Gasteiger partial charge in [0.05, 0.1) is 22.8 Å². The second kappa shape index (κ2) is 7.20. The maximum absolute atomic E-state index is 9.17. The van der Waals surface area contributed by atoms with Crippen molar-refractivity contribution in [3.63, 3.8) is 0 Å². The third-order valence-electron chi connectivity index (χ3n) is 3.91. The number of aliphatic hydroxyl groups excluding tert-OH is 1. The summed E-state index contributed by atoms with van der Waals surface area (Å²) in [7, 11) is 0. The minimum absolute atomic E-state index is 0.109. The van der Waals surface area contributed by atoms with Crippen LogP contribution in [0.2, 0.25) is 0 Å². The molecule has 0 fully saturated rings. The highest BCUT2D eigenvalue weighted by Gasteiger charge is 2.14. The van der Waals surface area contributed by atoms with Gasteiger partial charge in [-0.25, -0.2) is 9.97 Å². The molecule has 0 saturated heterocycles. The quantitative estimate of drug-likeness (QED) is 0.726. The van der Waals surface area contributed by atoms with Crippen molar-refractivity contribution in [2.75, 3.05) is 11.9 Å². The Morgan fingerprint density at radius 2 is 1.61 bits per heavy atom. The predicted molar refractivity (Wildman–Crippen MR) is 93.4 cm³/mol. The Morgan fingerprint density at radius 3 is 2.30 bits per heavy atom. The van der Waals surface area contributed by atoms with Crippen molar-refractivity contribution in [1.82, 2.24) is 9.97 Å². The van der Waals surface area contributed by atoms with Crippen LogP contribution in [-0.4, -0.2) is 21.7 Å². The molecule has 23 heavy (non-hydrogen) atoms. The molecule has 4 heteroatoms. The first-order valence-corrected chi connectivity index (χ1v) is 7.93. The van der Waals surface area contributed by atoms with Crippen molar-refractivity contribution in [2.24, 2.45) is 0 Å². The van der Waals surface area contributed by atoms with Crippen LogP contribution in [0.3, 0.4) is 0 Å². The monoisotopic (exact) mass is 307 g/mol. The number of hydrogen-bond acceptors (Lipinski definition) is 4. The van der Waals surface area contributed by atoms with E-state index in [1.54, 1.807) is 0 Å². The number of rotatable bonds is 6. The Bertz CT molecular complexity index is 774. The first-order chi connectivity index (χ1) is 11.3. The zero-order valence-corrected chi connectivity index (χ0v) is 13.2. The molecule has 0 radical (unpaired) electrons. The van der Waals surface area contributed by atoms with Crippen molar-refractivity contribution >= 4 is 16.9 Å². The van der Waals surface area contributed by atoms with Gasteiger partial charge in [-0.05, 0) is 37.5 Å². The summed E-state index contributed by atoms with van der Waals surface area (Å²) in [5.74, 6) is 0.801. The molecule has 2 N–H and O–H groups in total. The summed E-state index contributed by atoms with van der Waals surface area (Å²) in [5.41, 5.74) is 3.86. The summed E-state index contributed by atoms with van der Waals surface area (Å²) in [6.45, 7) is 2.16. The largest absolute Gasteiger partial charge is 0.396 e. The highest BCUT2D eigenvalue weighted by Crippen LogP contribution is 2.25. The van der Waals surface area contributed by atoms with Crippen LogP contribution in [0.5, 0.6) is 0 Å². The molecule has 118 valence electrons. The highest BCUT2D eigenvalue weighted by molar-refractivity contribution is 5.76. The standard InChI is InChI=1S/C19H21N3O/c1-14-19(22-18-11-6-5-10-17(18)20-14)21-16(12-7-13-23)15-8-3-2-4-9-15/h2-6,8-11,16,23H,7,12-13H2,1H3,(H,21,22). The molecule has 1 aromatic heterocycles. The number of aryl methyl sites for hydroxylation is 1. The molecule has 0 aliphatic rings. The van der Waals surface area contributed by atoms with E-state index in [0.29, 0.717) is 0 Å². The Hall–Kier alpha value is -2.46. The van der Waals surface area contributed by atoms with E-state index in [2.05, 4.69) is 22.4 Å². The van der Waals surface area contributed by atoms with Crippen LogP contribution in [0.25, 0.3) is 11.0 Å². The summed E-state index contributed by atoms with van der Waals surface area (Å²) < 4.78 is 0. The predicted octanol–water partition coefficient (Wildman–Crippen LogP) is 3.86. The van der Waals surface area contributed by atoms with Crippen LogP contribution >= 0.6 is 0 Å². The van der Waals surface area contributed by atoms with Gasteiger partial charge in [-0.15, -0.1) is 0 Å². The van der Waals surface area contributed by atoms with Gasteiger partial charge in [0, 0.05) is 6.61 Å². The minimum Gasteiger partial charge on any atom is -0.396 e. The number of hydrogen-bond donors (Lipinski definition) is 2. The lowest BCUT2D eigenvalue weighted by Crippen LogP contribution is -2.14. The zero-order valence-electron chi connectivity index (χ0n) is 13.2. The summed E-state index contributed by atoms with van der Waals surface area (Å²) >= 11 is 0. The van der Waals surface area contributed by atoms with Crippen LogP contribution in [-0.2, 0) is 0 Å². The first kappa shape index (κ1) is 15.4. The number of para-hydroxylation sites is 2. The van der Waals surface area contributed by atoms with Gasteiger partial charge in [0.15, 0.2) is 0 Å². The number of aliphatic hydroxyl groups is 1. The van der Waals surface area contributed by atoms with E-state index in [1.807, 2.05) is 49.4 Å². The fourth-order valence-corrected chi connectivity index (χ4v) is 2.69. The van der Waals surface area contributed by atoms with E-state index >= 15 is 0 Å². The average Bonchev–Trinajstić information content (AvgIpc) is 2.59. The van der Waals surface area contributed by atoms with Gasteiger partial charge >= 0.3 is 0 Å². The Kier molecular flexibility index (Phi) is 4.83. The summed E-state index contributed by atoms with van der Waals surface area (Å²) in [5, 5.41) is 12.7. The highest BCUT2D eigenvalue weighted by atomic mass is 16.2. The Labute approximate surface area is 136 Å². The first-order valence-electron chi connectivity index (χ1n) is 7.93. The number of anilines is 1. The number of benzene rings is 2. The van der Waals surface area contributed by atoms with E-state index in [0.717, 1.165) is 35.4 Å². The molecule has 0 saturated carbocycles. The maximum atomic E-state index is 9.17. The van der Waals surface area contributed by atoms with Gasteiger partial charge in [-0.1, -0.05) is 42.5 Å². The topological polar surface area (TPSA) is 58.0 Å². The molecule has 4 nitrogen and oxygen atoms in total. The fraction of sp³-hybridized carbons (Fsp3) is 0.263. The third-order valence-corrected chi connectivity index (χ3v) is 3.91. The lowest BCUT2D eigenvalue weighted by Gasteiger charge is -2.20. The second-order valence-corrected chi connectivity index (χ2v) is 5.62. The van der Waals surface area contributed by atoms with Crippen molar-refractivity contribution in [3.8, 4) is 0 Å². The normalized spacial score (nSPS) is 12.3. The van der Waals surface area contributed by atoms with E-state index < -0.39 is 0 Å². The molecule has 1 unspecified atom stereocenters. The van der Waals surface area contributed by atoms with Crippen molar-refractivity contribution in [1.29, 1.82) is 0 Å². The summed E-state index contributed by atoms with van der Waals surface area (Å²) in [6, 6.07) is 18.2. The zero-order chi connectivity index (χ0) is 16.1. The SMILES string of the molecule is Cc1nc2ccccc2nc1NC(CCCO)c1ccccc1. The van der Waals surface area contributed by atoms with Gasteiger partial charge in [0.2, 0.25) is 0 Å². The van der Waals surface area contributed by atoms with E-state index in [-0.39, 0.29) is 12.6 Å². The molecular weight excluding hydrogens is 286 g/mol. The maximum Gasteiger partial charge on any atom is 0.148 e. The Balaban J connectivity index is 1.91. The van der Waals surface area contributed by atoms with E-state index in [9.17, 15) is 0 Å². The molecular formula is C19H21N3O. The number of nitrogens with zero attached hydrogens (tertiary/aromatic N) is 2. The molecule has 0 amide bonds. The number of nitrogens with one attached hydrogen (secondary N) is 1. The number of fused-ring (bicyclic) bond motifs is 1. The molecule has 3 aromatic rings. The molecule has 2 aromatic carbocycles. The van der Waals surface area contributed by atoms with Crippen molar-refractivity contribution < 1.29 is 5.11 Å². The average molecular weight is 307 g/mol. The molecule has 1 atom stereocenters. The van der Waals surface area contributed by atoms with Gasteiger partial charge < -0.3 is 10.4 Å². The lowest BCUT2D eigenvalue weighted by molar-refractivity contribution is 0.281. The van der Waals surface area contributed by atoms with E-state index in [4.69, 9.17) is 10.1 Å². The van der Waals surface area contributed by atoms with Crippen LogP contribution in [0.4, 0.5) is 5.82 Å². The van der Waals surface area contributed by atoms with E-state index in [1.165, 1.54) is 5.56 Å². The van der Waals surface area contributed by atoms with Crippen molar-refractivity contribution in [2.45, 2.75) is 25.8 Å². The number of aromatic nitrogens is 2. The van der Waals surface area contributed by atoms with Gasteiger partial charge in [0.25, 0.3) is 0 Å². The van der Waals surface area contributed by atoms with Gasteiger partial charge in [-0.3, -0.25) is 0 Å². The molecule has 0 bridgehead atoms. The smallest absolute Gasteiger partial charge is 0.148 e. The third kappa shape index (κ3) is 3.66. The van der Waals surface area contributed by atoms with Gasteiger partial charge in [-0.2, -0.15) is 0 Å². The lowest BCUT2D eigenvalue weighted by atomic mass is 10.0. The van der Waals surface area contributed by atoms with Gasteiger partial charge in [0.1, 0.15) is 5.82 Å². The molecule has 0 aliphatic carbocycles. The van der Waals surface area contributed by atoms with Crippen molar-refractivity contribution in [3.05, 3.63) is 65.9 Å². The van der Waals surface area contributed by atoms with Crippen LogP contribution in [0.1, 0.15) is 30.1 Å². The van der Waals surface area contributed by atoms with Crippen LogP contribution in [0, 0.1) is 6.92 Å². The molecule has 1 heterocycles. The molecule has 0 spiro atoms. The minimum atomic E-state index is 0.109. The van der Waals surface area contributed by atoms with Crippen LogP contribution < -0.4 is 5.32 Å².